The van der Waals surface area contributed by atoms with Gasteiger partial charge in [0.05, 0.1) is 0 Å². The van der Waals surface area contributed by atoms with E-state index in [2.05, 4.69) is 0 Å². The van der Waals surface area contributed by atoms with Gasteiger partial charge >= 0.3 is 0 Å². The Morgan fingerprint density at radius 2 is 0.250 bits per heavy atom. The average molecular weight is 775 g/mol. The van der Waals surface area contributed by atoms with E-state index in [0.29, 0.717) is 0 Å². The molecule has 0 heterocycles. The maximum absolute atomic E-state index is 5.20. The number of hydrogen-bond acceptors (Lipinski definition) is 0. The highest BCUT2D eigenvalue weighted by Crippen LogP contribution is 2.86. The summed E-state index contributed by atoms with van der Waals surface area (Å²) >= 11 is 0. The molecule has 5 aliphatic rings. The van der Waals surface area contributed by atoms with Crippen LogP contribution in [-0.4, -0.2) is 0 Å². The summed E-state index contributed by atoms with van der Waals surface area (Å²) in [4.78, 5) is 0. The van der Waals surface area contributed by atoms with Crippen LogP contribution < -0.4 is 0 Å². The van der Waals surface area contributed by atoms with Crippen molar-refractivity contribution in [3.8, 4) is 0 Å². The highest BCUT2D eigenvalue weighted by atomic mass is 14.7. The quantitative estimate of drug-likeness (QED) is 0.106. The Balaban J connectivity index is 1.29. The van der Waals surface area contributed by atoms with Crippen molar-refractivity contribution < 1.29 is 0 Å². The number of benzene rings is 18. The van der Waals surface area contributed by atoms with Crippen LogP contribution in [0, 0.1) is 0 Å². The van der Waals surface area contributed by atoms with Crippen molar-refractivity contribution >= 4 is 291 Å². The van der Waals surface area contributed by atoms with Crippen molar-refractivity contribution in [3.63, 3.8) is 0 Å². The molecule has 0 aromatic heterocycles. The van der Waals surface area contributed by atoms with Gasteiger partial charge in [0.25, 0.3) is 0 Å². The Labute approximate surface area is 347 Å². The molecule has 0 amide bonds. The third-order valence-electron chi connectivity index (χ3n) is 24.7. The molecule has 1 saturated carbocycles. The van der Waals surface area contributed by atoms with Gasteiger partial charge in [-0.25, -0.2) is 0 Å². The van der Waals surface area contributed by atoms with E-state index in [0.717, 1.165) is 12.8 Å². The number of hydrogen-bond donors (Lipinski definition) is 0. The van der Waals surface area contributed by atoms with E-state index in [1.807, 2.05) is 0 Å². The molecule has 262 valence electrons. The minimum Gasteiger partial charge on any atom is -0.0998 e. The second kappa shape index (κ2) is 4.83. The molecule has 0 N–H and O–H groups in total. The fourth-order valence-corrected chi connectivity index (χ4v) is 25.0. The Bertz CT molecular complexity index is 6430. The zero-order chi connectivity index (χ0) is 37.5. The molecule has 0 bridgehead atoms. The molecule has 0 radical (unpaired) electrons. The Morgan fingerprint density at radius 3 is 0.359 bits per heavy atom. The molecule has 28 aromatic carbocycles. The first-order valence-corrected chi connectivity index (χ1v) is 24.3. The van der Waals surface area contributed by atoms with Crippen LogP contribution in [0.5, 0.6) is 0 Å². The first-order valence-electron chi connectivity index (χ1n) is 24.3. The molecule has 64 heavy (non-hydrogen) atoms. The average Bonchev–Trinajstić information content (AvgIpc) is 4.13. The van der Waals surface area contributed by atoms with E-state index in [9.17, 15) is 0 Å². The van der Waals surface area contributed by atoms with Crippen LogP contribution in [0.4, 0.5) is 0 Å². The fraction of sp³-hybridized carbons (Fsp3) is 0.0625. The predicted octanol–water partition coefficient (Wildman–Crippen LogP) is 17.6. The van der Waals surface area contributed by atoms with Gasteiger partial charge in [0.1, 0.15) is 0 Å². The Morgan fingerprint density at radius 1 is 0.156 bits per heavy atom. The lowest BCUT2D eigenvalue weighted by Crippen LogP contribution is -2.47. The van der Waals surface area contributed by atoms with E-state index in [1.54, 1.807) is 313 Å². The normalized spacial score (nSPS) is 23.7. The van der Waals surface area contributed by atoms with E-state index in [4.69, 9.17) is 6.58 Å². The van der Waals surface area contributed by atoms with Crippen LogP contribution >= 0.6 is 0 Å². The molecular weight excluding hydrogens is 769 g/mol. The molecule has 5 aliphatic carbocycles. The zero-order valence-electron chi connectivity index (χ0n) is 32.6. The third-order valence-corrected chi connectivity index (χ3v) is 24.7. The SMILES string of the molecule is C=C1CC23c4c5c6c7c8c9c(c%10c%11c2c2c4c4c%12c5c5c6c6c8c8c%13c9c9c%10c%10c%11c%11c2c2c4c4c%12c%12c5c5c6c8c6c8c%13c9c9c%10c%10c%11c2c2c4c4c%12c5c6c5c8c9c%10c2c45)C73C1. The van der Waals surface area contributed by atoms with Crippen LogP contribution in [0.25, 0.3) is 291 Å². The Kier molecular flexibility index (Phi) is 1.70. The maximum atomic E-state index is 5.20. The standard InChI is InChI=1S/C64H6/c1-4-2-63-59-51-43-33-23-15-7-5-6-9-13-11(7)19-27-21(13)31-25-17(9)18-10(6)14-12-8(5)16(15)24-30-20(12)28-22(14)32-26(18)36-35(25)45-39(31)49-41(27)47(37(43)29(19)23)55(59)57(49)61-53(45)54-46(36)40(32)50-42(28)48-38(30)44(34(24)33)52(51)60(63)56(48)58(50)62(54)64(61,63)3-4/h1-3H2. The van der Waals surface area contributed by atoms with Crippen LogP contribution in [0.1, 0.15) is 35.1 Å². The van der Waals surface area contributed by atoms with Crippen molar-refractivity contribution in [3.05, 3.63) is 34.4 Å². The fourth-order valence-electron chi connectivity index (χ4n) is 25.0. The highest BCUT2D eigenvalue weighted by molar-refractivity contribution is 6.82. The van der Waals surface area contributed by atoms with Crippen molar-refractivity contribution in [2.24, 2.45) is 0 Å². The maximum Gasteiger partial charge on any atom is 0.0406 e. The zero-order valence-corrected chi connectivity index (χ0v) is 32.6. The van der Waals surface area contributed by atoms with Gasteiger partial charge in [0.2, 0.25) is 0 Å². The van der Waals surface area contributed by atoms with Crippen molar-refractivity contribution in [1.82, 2.24) is 0 Å². The van der Waals surface area contributed by atoms with Crippen molar-refractivity contribution in [1.29, 1.82) is 0 Å². The smallest absolute Gasteiger partial charge is 0.0406 e. The predicted molar refractivity (Wildman–Crippen MR) is 272 cm³/mol. The number of rotatable bonds is 0. The van der Waals surface area contributed by atoms with Crippen molar-refractivity contribution in [2.75, 3.05) is 0 Å². The summed E-state index contributed by atoms with van der Waals surface area (Å²) in [6.45, 7) is 5.20. The second-order valence-corrected chi connectivity index (χ2v) is 24.7. The van der Waals surface area contributed by atoms with E-state index >= 15 is 0 Å². The summed E-state index contributed by atoms with van der Waals surface area (Å²) in [6, 6.07) is 0. The molecule has 1 fully saturated rings. The molecule has 0 heteroatoms. The Hall–Kier alpha value is -7.80. The molecule has 0 atom stereocenters. The van der Waals surface area contributed by atoms with Gasteiger partial charge in [0, 0.05) is 10.8 Å². The summed E-state index contributed by atoms with van der Waals surface area (Å²) in [7, 11) is 0. The molecule has 28 aromatic rings. The summed E-state index contributed by atoms with van der Waals surface area (Å²) in [5, 5.41) is 91.0. The second-order valence-electron chi connectivity index (χ2n) is 24.7. The summed E-state index contributed by atoms with van der Waals surface area (Å²) in [6.07, 6.45) is 2.20. The summed E-state index contributed by atoms with van der Waals surface area (Å²) < 4.78 is 0. The van der Waals surface area contributed by atoms with Crippen molar-refractivity contribution in [2.45, 2.75) is 23.7 Å². The lowest BCUT2D eigenvalue weighted by atomic mass is 9.50. The third kappa shape index (κ3) is 1.09. The van der Waals surface area contributed by atoms with E-state index < -0.39 is 0 Å². The first kappa shape index (κ1) is 22.5. The van der Waals surface area contributed by atoms with Crippen LogP contribution in [-0.2, 0) is 10.8 Å². The van der Waals surface area contributed by atoms with E-state index in [-0.39, 0.29) is 10.8 Å². The van der Waals surface area contributed by atoms with Crippen LogP contribution in [0.3, 0.4) is 0 Å². The van der Waals surface area contributed by atoms with Crippen LogP contribution in [0.15, 0.2) is 12.2 Å². The monoisotopic (exact) mass is 774 g/mol. The summed E-state index contributed by atoms with van der Waals surface area (Å²) in [5.74, 6) is 0. The van der Waals surface area contributed by atoms with Gasteiger partial charge in [0.15, 0.2) is 0 Å². The first-order chi connectivity index (χ1) is 31.8. The largest absolute Gasteiger partial charge is 0.0998 e. The minimum atomic E-state index is -0.130. The molecule has 0 unspecified atom stereocenters. The van der Waals surface area contributed by atoms with Gasteiger partial charge in [-0.3, -0.25) is 0 Å². The minimum absolute atomic E-state index is 0.130. The van der Waals surface area contributed by atoms with Crippen LogP contribution in [0.2, 0.25) is 0 Å². The molecule has 2 spiro atoms. The molecule has 0 nitrogen and oxygen atoms in total. The van der Waals surface area contributed by atoms with Gasteiger partial charge in [-0.1, -0.05) is 12.2 Å². The topological polar surface area (TPSA) is 0 Å². The molecule has 0 aliphatic heterocycles. The lowest BCUT2D eigenvalue weighted by molar-refractivity contribution is 0.381. The molecule has 0 saturated heterocycles. The summed E-state index contributed by atoms with van der Waals surface area (Å²) in [5.41, 5.74) is 8.42. The van der Waals surface area contributed by atoms with E-state index in [1.165, 1.54) is 5.57 Å². The van der Waals surface area contributed by atoms with Gasteiger partial charge in [-0.15, -0.1) is 0 Å². The molecule has 33 rings (SSSR count). The van der Waals surface area contributed by atoms with Gasteiger partial charge < -0.3 is 0 Å². The number of allylic oxidation sites excluding steroid dienone is 1. The molecular formula is C64H6. The highest BCUT2D eigenvalue weighted by Gasteiger charge is 2.71. The van der Waals surface area contributed by atoms with Gasteiger partial charge in [-0.2, -0.15) is 0 Å². The lowest BCUT2D eigenvalue weighted by Gasteiger charge is -2.50. The van der Waals surface area contributed by atoms with Gasteiger partial charge in [-0.05, 0) is 326 Å².